The number of carboxylic acid groups (broad SMARTS) is 1. The van der Waals surface area contributed by atoms with Gasteiger partial charge in [-0.15, -0.1) is 0 Å². The summed E-state index contributed by atoms with van der Waals surface area (Å²) >= 11 is 0. The minimum Gasteiger partial charge on any atom is -0.481 e. The molecule has 0 aliphatic rings. The predicted octanol–water partition coefficient (Wildman–Crippen LogP) is 2.37. The van der Waals surface area contributed by atoms with Crippen molar-refractivity contribution in [2.45, 2.75) is 77.2 Å². The van der Waals surface area contributed by atoms with Gasteiger partial charge in [0, 0.05) is 6.42 Å². The van der Waals surface area contributed by atoms with E-state index in [0.717, 1.165) is 12.8 Å². The van der Waals surface area contributed by atoms with E-state index in [1.165, 1.54) is 44.9 Å². The fraction of sp³-hybridized carbons (Fsp3) is 0.952. The number of unbranched alkanes of at least 4 members (excludes halogenated alkanes) is 8. The second-order valence-corrected chi connectivity index (χ2v) is 6.79. The Bertz CT molecular complexity index is 305. The zero-order chi connectivity index (χ0) is 22.0. The van der Waals surface area contributed by atoms with Gasteiger partial charge >= 0.3 is 5.97 Å². The average Bonchev–Trinajstić information content (AvgIpc) is 2.71. The molecule has 0 bridgehead atoms. The van der Waals surface area contributed by atoms with Crippen LogP contribution < -0.4 is 0 Å². The summed E-state index contributed by atoms with van der Waals surface area (Å²) < 4.78 is 15.4. The normalized spacial score (nSPS) is 10.8. The van der Waals surface area contributed by atoms with Gasteiger partial charge in [0.05, 0.1) is 52.9 Å². The molecule has 0 rings (SSSR count). The van der Waals surface area contributed by atoms with Crippen LogP contribution in [0.2, 0.25) is 0 Å². The van der Waals surface area contributed by atoms with Crippen molar-refractivity contribution < 1.29 is 39.4 Å². The van der Waals surface area contributed by atoms with Crippen molar-refractivity contribution in [2.24, 2.45) is 0 Å². The quantitative estimate of drug-likeness (QED) is 0.207. The first-order valence-electron chi connectivity index (χ1n) is 10.9. The Hall–Kier alpha value is -0.770. The van der Waals surface area contributed by atoms with Crippen molar-refractivity contribution in [1.29, 1.82) is 0 Å². The fourth-order valence-corrected chi connectivity index (χ4v) is 2.51. The highest BCUT2D eigenvalue weighted by Gasteiger charge is 2.09. The first kappa shape index (κ1) is 30.4. The summed E-state index contributed by atoms with van der Waals surface area (Å²) in [6, 6.07) is 0. The summed E-state index contributed by atoms with van der Waals surface area (Å²) in [4.78, 5) is 10.2. The summed E-state index contributed by atoms with van der Waals surface area (Å²) in [6.45, 7) is 3.41. The molecule has 4 N–H and O–H groups in total. The van der Waals surface area contributed by atoms with E-state index in [0.29, 0.717) is 19.6 Å². The number of hydrogen-bond donors (Lipinski definition) is 4. The fourth-order valence-electron chi connectivity index (χ4n) is 2.51. The molecule has 0 aliphatic carbocycles. The topological polar surface area (TPSA) is 126 Å². The molecule has 0 aromatic heterocycles. The van der Waals surface area contributed by atoms with Crippen LogP contribution in [-0.4, -0.2) is 85.4 Å². The molecule has 8 nitrogen and oxygen atoms in total. The van der Waals surface area contributed by atoms with Crippen LogP contribution >= 0.6 is 0 Å². The number of hydrogen-bond acceptors (Lipinski definition) is 7. The van der Waals surface area contributed by atoms with Gasteiger partial charge in [0.1, 0.15) is 6.10 Å². The van der Waals surface area contributed by atoms with Crippen LogP contribution in [0.5, 0.6) is 0 Å². The standard InChI is InChI=1S/C12H24O2.C9H20O6/c1-2-3-4-5-6-7-8-9-10-11-12(13)14;10-1-4-13-7-9(15-6-3-12)8-14-5-2-11/h2-11H2,1H3,(H,13,14);9-12H,1-8H2. The summed E-state index contributed by atoms with van der Waals surface area (Å²) in [5.41, 5.74) is 0. The third-order valence-electron chi connectivity index (χ3n) is 4.02. The van der Waals surface area contributed by atoms with Crippen molar-refractivity contribution in [1.82, 2.24) is 0 Å². The van der Waals surface area contributed by atoms with E-state index >= 15 is 0 Å². The number of rotatable bonds is 21. The van der Waals surface area contributed by atoms with Crippen molar-refractivity contribution in [2.75, 3.05) is 52.9 Å². The van der Waals surface area contributed by atoms with Crippen molar-refractivity contribution in [3.8, 4) is 0 Å². The van der Waals surface area contributed by atoms with E-state index < -0.39 is 5.97 Å². The molecule has 0 saturated carbocycles. The van der Waals surface area contributed by atoms with Gasteiger partial charge in [0.2, 0.25) is 0 Å². The first-order chi connectivity index (χ1) is 14.1. The molecule has 0 aliphatic heterocycles. The largest absolute Gasteiger partial charge is 0.481 e. The second kappa shape index (κ2) is 27.2. The molecule has 176 valence electrons. The van der Waals surface area contributed by atoms with Gasteiger partial charge in [0.15, 0.2) is 0 Å². The molecular formula is C21H44O8. The Morgan fingerprint density at radius 1 is 0.724 bits per heavy atom. The monoisotopic (exact) mass is 424 g/mol. The minimum absolute atomic E-state index is 0.0375. The lowest BCUT2D eigenvalue weighted by atomic mass is 10.1. The van der Waals surface area contributed by atoms with Gasteiger partial charge in [0.25, 0.3) is 0 Å². The third-order valence-corrected chi connectivity index (χ3v) is 4.02. The van der Waals surface area contributed by atoms with Gasteiger partial charge in [-0.05, 0) is 6.42 Å². The highest BCUT2D eigenvalue weighted by molar-refractivity contribution is 5.66. The molecule has 0 fully saturated rings. The van der Waals surface area contributed by atoms with Crippen LogP contribution in [-0.2, 0) is 19.0 Å². The van der Waals surface area contributed by atoms with Gasteiger partial charge in [-0.3, -0.25) is 4.79 Å². The third kappa shape index (κ3) is 29.5. The maximum Gasteiger partial charge on any atom is 0.303 e. The Labute approximate surface area is 176 Å². The lowest BCUT2D eigenvalue weighted by molar-refractivity contribution is -0.137. The lowest BCUT2D eigenvalue weighted by Crippen LogP contribution is -2.28. The molecule has 29 heavy (non-hydrogen) atoms. The molecule has 0 aromatic rings. The summed E-state index contributed by atoms with van der Waals surface area (Å²) in [7, 11) is 0. The van der Waals surface area contributed by atoms with Gasteiger partial charge < -0.3 is 34.6 Å². The predicted molar refractivity (Wildman–Crippen MR) is 112 cm³/mol. The van der Waals surface area contributed by atoms with Crippen LogP contribution in [0.4, 0.5) is 0 Å². The number of carboxylic acids is 1. The summed E-state index contributed by atoms with van der Waals surface area (Å²) in [5, 5.41) is 34.0. The van der Waals surface area contributed by atoms with E-state index in [1.807, 2.05) is 0 Å². The molecule has 0 spiro atoms. The van der Waals surface area contributed by atoms with E-state index in [1.54, 1.807) is 0 Å². The Morgan fingerprint density at radius 2 is 1.17 bits per heavy atom. The SMILES string of the molecule is CCCCCCCCCCCC(=O)O.OCCOCC(COCCO)OCCO. The molecule has 0 atom stereocenters. The van der Waals surface area contributed by atoms with Crippen molar-refractivity contribution in [3.63, 3.8) is 0 Å². The highest BCUT2D eigenvalue weighted by atomic mass is 16.6. The number of aliphatic carboxylic acids is 1. The van der Waals surface area contributed by atoms with Crippen LogP contribution in [0.3, 0.4) is 0 Å². The molecule has 0 heterocycles. The lowest BCUT2D eigenvalue weighted by Gasteiger charge is -2.17. The molecule has 0 saturated heterocycles. The van der Waals surface area contributed by atoms with E-state index in [-0.39, 0.29) is 45.7 Å². The number of ether oxygens (including phenoxy) is 3. The van der Waals surface area contributed by atoms with Crippen LogP contribution in [0.25, 0.3) is 0 Å². The zero-order valence-corrected chi connectivity index (χ0v) is 18.2. The number of aliphatic hydroxyl groups excluding tert-OH is 3. The average molecular weight is 425 g/mol. The van der Waals surface area contributed by atoms with E-state index in [2.05, 4.69) is 6.92 Å². The molecule has 0 radical (unpaired) electrons. The molecule has 8 heteroatoms. The maximum atomic E-state index is 10.2. The Kier molecular flexibility index (Phi) is 28.6. The number of carbonyl (C=O) groups is 1. The van der Waals surface area contributed by atoms with E-state index in [9.17, 15) is 4.79 Å². The van der Waals surface area contributed by atoms with Crippen molar-refractivity contribution in [3.05, 3.63) is 0 Å². The van der Waals surface area contributed by atoms with Gasteiger partial charge in [-0.25, -0.2) is 0 Å². The highest BCUT2D eigenvalue weighted by Crippen LogP contribution is 2.10. The molecule has 0 aromatic carbocycles. The van der Waals surface area contributed by atoms with Gasteiger partial charge in [-0.1, -0.05) is 58.3 Å². The van der Waals surface area contributed by atoms with Crippen molar-refractivity contribution >= 4 is 5.97 Å². The maximum absolute atomic E-state index is 10.2. The molecule has 0 amide bonds. The summed E-state index contributed by atoms with van der Waals surface area (Å²) in [6.07, 6.45) is 11.2. The minimum atomic E-state index is -0.659. The molecule has 0 unspecified atom stereocenters. The van der Waals surface area contributed by atoms with Gasteiger partial charge in [-0.2, -0.15) is 0 Å². The second-order valence-electron chi connectivity index (χ2n) is 6.79. The van der Waals surface area contributed by atoms with Crippen LogP contribution in [0.1, 0.15) is 71.1 Å². The zero-order valence-electron chi connectivity index (χ0n) is 18.2. The van der Waals surface area contributed by atoms with Crippen LogP contribution in [0.15, 0.2) is 0 Å². The molecular weight excluding hydrogens is 380 g/mol. The number of aliphatic hydroxyl groups is 3. The van der Waals surface area contributed by atoms with E-state index in [4.69, 9.17) is 34.6 Å². The van der Waals surface area contributed by atoms with Crippen LogP contribution in [0, 0.1) is 0 Å². The summed E-state index contributed by atoms with van der Waals surface area (Å²) in [5.74, 6) is -0.659. The smallest absolute Gasteiger partial charge is 0.303 e. The Morgan fingerprint density at radius 3 is 1.59 bits per heavy atom. The first-order valence-corrected chi connectivity index (χ1v) is 10.9. The Balaban J connectivity index is 0.